The standard InChI is InChI=1S/C31H36ClF3N2O/c1-23(17-19-38-27-15-9-18-36-20-27)37(21-26-14-8-16-29(30(26)32)31(33,34)35)22-28(24-10-4-2-5-11-24)25-12-6-3-7-13-25/h2-8,10-14,16,23,27-28,36H,9,15,17-22H2,1H3/t23-,27+/m1/s1. The van der Waals surface area contributed by atoms with Gasteiger partial charge in [-0.05, 0) is 55.5 Å². The third-order valence-electron chi connectivity index (χ3n) is 7.34. The van der Waals surface area contributed by atoms with Crippen LogP contribution in [-0.4, -0.2) is 43.3 Å². The molecule has 3 nitrogen and oxygen atoms in total. The van der Waals surface area contributed by atoms with E-state index in [4.69, 9.17) is 16.3 Å². The summed E-state index contributed by atoms with van der Waals surface area (Å²) in [6, 6.07) is 24.8. The molecule has 1 heterocycles. The van der Waals surface area contributed by atoms with Crippen LogP contribution < -0.4 is 5.32 Å². The molecule has 0 spiro atoms. The number of hydrogen-bond donors (Lipinski definition) is 1. The van der Waals surface area contributed by atoms with Crippen LogP contribution in [0.3, 0.4) is 0 Å². The maximum atomic E-state index is 13.6. The zero-order chi connectivity index (χ0) is 27.0. The molecule has 0 unspecified atom stereocenters. The topological polar surface area (TPSA) is 24.5 Å². The lowest BCUT2D eigenvalue weighted by Crippen LogP contribution is -2.39. The summed E-state index contributed by atoms with van der Waals surface area (Å²) in [7, 11) is 0. The molecule has 3 aromatic carbocycles. The summed E-state index contributed by atoms with van der Waals surface area (Å²) in [6.07, 6.45) is -1.36. The van der Waals surface area contributed by atoms with Gasteiger partial charge >= 0.3 is 6.18 Å². The molecule has 0 saturated carbocycles. The summed E-state index contributed by atoms with van der Waals surface area (Å²) in [5, 5.41) is 3.15. The molecule has 0 radical (unpaired) electrons. The molecule has 0 bridgehead atoms. The highest BCUT2D eigenvalue weighted by Crippen LogP contribution is 2.37. The van der Waals surface area contributed by atoms with Gasteiger partial charge in [-0.2, -0.15) is 13.2 Å². The van der Waals surface area contributed by atoms with Crippen molar-refractivity contribution in [3.8, 4) is 0 Å². The minimum absolute atomic E-state index is 0.0490. The molecular formula is C31H36ClF3N2O. The van der Waals surface area contributed by atoms with Crippen molar-refractivity contribution < 1.29 is 17.9 Å². The van der Waals surface area contributed by atoms with Gasteiger partial charge in [-0.3, -0.25) is 4.90 Å². The molecule has 1 fully saturated rings. The van der Waals surface area contributed by atoms with E-state index in [0.29, 0.717) is 25.3 Å². The van der Waals surface area contributed by atoms with Crippen molar-refractivity contribution >= 4 is 11.6 Å². The minimum atomic E-state index is -4.50. The molecule has 1 saturated heterocycles. The molecule has 0 aliphatic carbocycles. The average Bonchev–Trinajstić information content (AvgIpc) is 2.92. The fourth-order valence-electron chi connectivity index (χ4n) is 5.10. The third-order valence-corrected chi connectivity index (χ3v) is 7.79. The van der Waals surface area contributed by atoms with Crippen LogP contribution in [0.25, 0.3) is 0 Å². The Morgan fingerprint density at radius 2 is 1.63 bits per heavy atom. The second kappa shape index (κ2) is 13.6. The average molecular weight is 545 g/mol. The van der Waals surface area contributed by atoms with Gasteiger partial charge in [-0.25, -0.2) is 0 Å². The second-order valence-corrected chi connectivity index (χ2v) is 10.4. The first-order valence-corrected chi connectivity index (χ1v) is 13.7. The van der Waals surface area contributed by atoms with Gasteiger partial charge in [0.1, 0.15) is 0 Å². The SMILES string of the molecule is C[C@H](CCO[C@H]1CCCNC1)N(Cc1cccc(C(F)(F)F)c1Cl)CC(c1ccccc1)c1ccccc1. The van der Waals surface area contributed by atoms with Crippen LogP contribution in [0.15, 0.2) is 78.9 Å². The Bertz CT molecular complexity index is 1080. The lowest BCUT2D eigenvalue weighted by Gasteiger charge is -2.34. The van der Waals surface area contributed by atoms with Crippen LogP contribution in [0.2, 0.25) is 5.02 Å². The van der Waals surface area contributed by atoms with E-state index in [2.05, 4.69) is 41.4 Å². The van der Waals surface area contributed by atoms with Gasteiger partial charge in [0, 0.05) is 38.2 Å². The lowest BCUT2D eigenvalue weighted by atomic mass is 9.90. The van der Waals surface area contributed by atoms with Gasteiger partial charge in [0.05, 0.1) is 16.7 Å². The quantitative estimate of drug-likeness (QED) is 0.270. The van der Waals surface area contributed by atoms with E-state index >= 15 is 0 Å². The number of halogens is 4. The number of nitrogens with zero attached hydrogens (tertiary/aromatic N) is 1. The number of hydrogen-bond acceptors (Lipinski definition) is 3. The van der Waals surface area contributed by atoms with Crippen LogP contribution in [-0.2, 0) is 17.5 Å². The summed E-state index contributed by atoms with van der Waals surface area (Å²) in [5.41, 5.74) is 2.01. The van der Waals surface area contributed by atoms with Gasteiger partial charge < -0.3 is 10.1 Å². The number of rotatable bonds is 11. The van der Waals surface area contributed by atoms with Crippen LogP contribution in [0.1, 0.15) is 54.4 Å². The highest BCUT2D eigenvalue weighted by atomic mass is 35.5. The zero-order valence-corrected chi connectivity index (χ0v) is 22.5. The first-order chi connectivity index (χ1) is 18.3. The molecule has 1 N–H and O–H groups in total. The van der Waals surface area contributed by atoms with Crippen LogP contribution in [0.5, 0.6) is 0 Å². The molecule has 2 atom stereocenters. The number of benzene rings is 3. The van der Waals surface area contributed by atoms with Gasteiger partial charge in [-0.15, -0.1) is 0 Å². The van der Waals surface area contributed by atoms with Crippen LogP contribution in [0, 0.1) is 0 Å². The van der Waals surface area contributed by atoms with Gasteiger partial charge in [0.2, 0.25) is 0 Å². The summed E-state index contributed by atoms with van der Waals surface area (Å²) in [4.78, 5) is 2.24. The number of ether oxygens (including phenoxy) is 1. The largest absolute Gasteiger partial charge is 0.417 e. The summed E-state index contributed by atoms with van der Waals surface area (Å²) in [5.74, 6) is 0.0490. The minimum Gasteiger partial charge on any atom is -0.377 e. The smallest absolute Gasteiger partial charge is 0.377 e. The van der Waals surface area contributed by atoms with Crippen LogP contribution >= 0.6 is 11.6 Å². The Labute approximate surface area is 229 Å². The zero-order valence-electron chi connectivity index (χ0n) is 21.8. The molecule has 38 heavy (non-hydrogen) atoms. The highest BCUT2D eigenvalue weighted by molar-refractivity contribution is 6.32. The maximum absolute atomic E-state index is 13.6. The van der Waals surface area contributed by atoms with E-state index in [1.807, 2.05) is 36.4 Å². The Kier molecular flexibility index (Phi) is 10.3. The van der Waals surface area contributed by atoms with Crippen molar-refractivity contribution in [2.45, 2.75) is 57.0 Å². The number of alkyl halides is 3. The molecule has 7 heteroatoms. The fourth-order valence-corrected chi connectivity index (χ4v) is 5.39. The first-order valence-electron chi connectivity index (χ1n) is 13.3. The van der Waals surface area contributed by atoms with Gasteiger partial charge in [-0.1, -0.05) is 84.4 Å². The number of nitrogens with one attached hydrogen (secondary N) is 1. The van der Waals surface area contributed by atoms with Crippen molar-refractivity contribution in [1.29, 1.82) is 0 Å². The van der Waals surface area contributed by atoms with Crippen LogP contribution in [0.4, 0.5) is 13.2 Å². The molecule has 3 aromatic rings. The normalized spacial score (nSPS) is 17.2. The first kappa shape index (κ1) is 28.6. The Morgan fingerprint density at radius 1 is 0.974 bits per heavy atom. The highest BCUT2D eigenvalue weighted by Gasteiger charge is 2.34. The number of piperidine rings is 1. The lowest BCUT2D eigenvalue weighted by molar-refractivity contribution is -0.137. The van der Waals surface area contributed by atoms with Gasteiger partial charge in [0.15, 0.2) is 0 Å². The van der Waals surface area contributed by atoms with E-state index in [0.717, 1.165) is 49.5 Å². The van der Waals surface area contributed by atoms with Crippen molar-refractivity contribution in [2.75, 3.05) is 26.2 Å². The molecule has 1 aliphatic rings. The summed E-state index contributed by atoms with van der Waals surface area (Å²) < 4.78 is 47.0. The Balaban J connectivity index is 1.59. The van der Waals surface area contributed by atoms with Gasteiger partial charge in [0.25, 0.3) is 0 Å². The molecule has 1 aliphatic heterocycles. The molecule has 204 valence electrons. The monoisotopic (exact) mass is 544 g/mol. The predicted octanol–water partition coefficient (Wildman–Crippen LogP) is 7.54. The summed E-state index contributed by atoms with van der Waals surface area (Å²) >= 11 is 6.34. The van der Waals surface area contributed by atoms with E-state index < -0.39 is 11.7 Å². The molecule has 0 amide bonds. The third kappa shape index (κ3) is 7.82. The van der Waals surface area contributed by atoms with E-state index in [1.165, 1.54) is 6.07 Å². The van der Waals surface area contributed by atoms with Crippen molar-refractivity contribution in [3.05, 3.63) is 106 Å². The predicted molar refractivity (Wildman–Crippen MR) is 148 cm³/mol. The molecule has 0 aromatic heterocycles. The Morgan fingerprint density at radius 3 is 2.21 bits per heavy atom. The van der Waals surface area contributed by atoms with E-state index in [-0.39, 0.29) is 23.1 Å². The van der Waals surface area contributed by atoms with Crippen molar-refractivity contribution in [2.24, 2.45) is 0 Å². The van der Waals surface area contributed by atoms with Crippen molar-refractivity contribution in [1.82, 2.24) is 10.2 Å². The molecule has 4 rings (SSSR count). The van der Waals surface area contributed by atoms with Crippen molar-refractivity contribution in [3.63, 3.8) is 0 Å². The van der Waals surface area contributed by atoms with E-state index in [1.54, 1.807) is 6.07 Å². The second-order valence-electron chi connectivity index (χ2n) is 10.1. The maximum Gasteiger partial charge on any atom is 0.417 e. The fraction of sp³-hybridized carbons (Fsp3) is 0.419. The molecular weight excluding hydrogens is 509 g/mol. The van der Waals surface area contributed by atoms with E-state index in [9.17, 15) is 13.2 Å². The summed E-state index contributed by atoms with van der Waals surface area (Å²) in [6.45, 7) is 5.56. The Hall–Kier alpha value is -2.38.